The molecule has 2 aliphatic rings. The van der Waals surface area contributed by atoms with Gasteiger partial charge in [-0.1, -0.05) is 0 Å². The largest absolute Gasteiger partial charge is 0.478 e. The van der Waals surface area contributed by atoms with Crippen LogP contribution < -0.4 is 10.8 Å². The summed E-state index contributed by atoms with van der Waals surface area (Å²) in [4.78, 5) is 20.6. The second-order valence-electron chi connectivity index (χ2n) is 4.81. The molecule has 3 heterocycles. The molecule has 6 heteroatoms. The zero-order valence-electron chi connectivity index (χ0n) is 10.3. The lowest BCUT2D eigenvalue weighted by Crippen LogP contribution is -2.41. The Morgan fingerprint density at radius 1 is 1.37 bits per heavy atom. The number of hydrogen-bond donors (Lipinski definition) is 3. The molecule has 0 atom stereocenters. The highest BCUT2D eigenvalue weighted by Gasteiger charge is 2.36. The Morgan fingerprint density at radius 2 is 2.16 bits per heavy atom. The van der Waals surface area contributed by atoms with E-state index in [-0.39, 0.29) is 11.2 Å². The second kappa shape index (κ2) is 4.64. The van der Waals surface area contributed by atoms with Gasteiger partial charge in [-0.05, 0) is 44.1 Å². The van der Waals surface area contributed by atoms with Crippen molar-refractivity contribution < 1.29 is 14.7 Å². The van der Waals surface area contributed by atoms with E-state index in [2.05, 4.69) is 21.9 Å². The SMILES string of the molecule is O=C(O)c1ccc(C2=CC3(CCNCC3)ON2)nc1. The molecule has 6 nitrogen and oxygen atoms in total. The molecule has 0 radical (unpaired) electrons. The molecule has 0 aliphatic carbocycles. The molecule has 1 fully saturated rings. The molecule has 1 spiro atoms. The van der Waals surface area contributed by atoms with Gasteiger partial charge in [0, 0.05) is 6.20 Å². The van der Waals surface area contributed by atoms with E-state index < -0.39 is 5.97 Å². The van der Waals surface area contributed by atoms with E-state index in [0.29, 0.717) is 5.69 Å². The van der Waals surface area contributed by atoms with E-state index in [1.165, 1.54) is 6.20 Å². The molecular formula is C13H15N3O3. The summed E-state index contributed by atoms with van der Waals surface area (Å²) in [7, 11) is 0. The van der Waals surface area contributed by atoms with Gasteiger partial charge in [-0.15, -0.1) is 0 Å². The molecule has 1 aromatic rings. The fourth-order valence-electron chi connectivity index (χ4n) is 2.38. The third-order valence-electron chi connectivity index (χ3n) is 3.51. The third-order valence-corrected chi connectivity index (χ3v) is 3.51. The number of carboxylic acids is 1. The lowest BCUT2D eigenvalue weighted by Gasteiger charge is -2.29. The first kappa shape index (κ1) is 12.1. The second-order valence-corrected chi connectivity index (χ2v) is 4.81. The first-order valence-electron chi connectivity index (χ1n) is 6.26. The smallest absolute Gasteiger partial charge is 0.337 e. The van der Waals surface area contributed by atoms with Crippen LogP contribution in [0.1, 0.15) is 28.9 Å². The highest BCUT2D eigenvalue weighted by molar-refractivity contribution is 5.87. The van der Waals surface area contributed by atoms with Crippen molar-refractivity contribution in [3.63, 3.8) is 0 Å². The van der Waals surface area contributed by atoms with E-state index in [1.54, 1.807) is 12.1 Å². The van der Waals surface area contributed by atoms with Crippen molar-refractivity contribution in [1.82, 2.24) is 15.8 Å². The predicted octanol–water partition coefficient (Wildman–Crippen LogP) is 0.778. The highest BCUT2D eigenvalue weighted by atomic mass is 16.7. The summed E-state index contributed by atoms with van der Waals surface area (Å²) in [5.74, 6) is -0.974. The topological polar surface area (TPSA) is 83.5 Å². The van der Waals surface area contributed by atoms with Crippen LogP contribution in [-0.2, 0) is 4.84 Å². The number of carboxylic acid groups (broad SMARTS) is 1. The Hall–Kier alpha value is -1.92. The predicted molar refractivity (Wildman–Crippen MR) is 68.2 cm³/mol. The molecule has 2 aliphatic heterocycles. The van der Waals surface area contributed by atoms with Gasteiger partial charge >= 0.3 is 5.97 Å². The maximum Gasteiger partial charge on any atom is 0.337 e. The number of hydrogen-bond acceptors (Lipinski definition) is 5. The van der Waals surface area contributed by atoms with Gasteiger partial charge < -0.3 is 10.4 Å². The summed E-state index contributed by atoms with van der Waals surface area (Å²) in [6.45, 7) is 1.85. The van der Waals surface area contributed by atoms with Gasteiger partial charge in [0.1, 0.15) is 5.60 Å². The normalized spacial score (nSPS) is 20.9. The minimum atomic E-state index is -0.974. The van der Waals surface area contributed by atoms with Crippen molar-refractivity contribution in [3.05, 3.63) is 35.7 Å². The molecular weight excluding hydrogens is 246 g/mol. The minimum Gasteiger partial charge on any atom is -0.478 e. The molecule has 1 saturated heterocycles. The van der Waals surface area contributed by atoms with Gasteiger partial charge in [0.15, 0.2) is 0 Å². The van der Waals surface area contributed by atoms with Crippen molar-refractivity contribution in [2.24, 2.45) is 0 Å². The quantitative estimate of drug-likeness (QED) is 0.729. The number of nitrogens with zero attached hydrogens (tertiary/aromatic N) is 1. The van der Waals surface area contributed by atoms with Crippen molar-refractivity contribution in [1.29, 1.82) is 0 Å². The zero-order valence-corrected chi connectivity index (χ0v) is 10.3. The Balaban J connectivity index is 1.82. The van der Waals surface area contributed by atoms with Gasteiger partial charge in [0.2, 0.25) is 0 Å². The lowest BCUT2D eigenvalue weighted by atomic mass is 9.92. The van der Waals surface area contributed by atoms with Crippen LogP contribution >= 0.6 is 0 Å². The van der Waals surface area contributed by atoms with Crippen LogP contribution in [-0.4, -0.2) is 34.8 Å². The van der Waals surface area contributed by atoms with Crippen molar-refractivity contribution >= 4 is 11.7 Å². The monoisotopic (exact) mass is 261 g/mol. The molecule has 0 unspecified atom stereocenters. The summed E-state index contributed by atoms with van der Waals surface area (Å²) in [5, 5.41) is 12.1. The van der Waals surface area contributed by atoms with E-state index >= 15 is 0 Å². The molecule has 1 aromatic heterocycles. The fourth-order valence-corrected chi connectivity index (χ4v) is 2.38. The first-order valence-corrected chi connectivity index (χ1v) is 6.26. The molecule has 0 amide bonds. The minimum absolute atomic E-state index is 0.180. The van der Waals surface area contributed by atoms with Crippen LogP contribution in [0.4, 0.5) is 0 Å². The van der Waals surface area contributed by atoms with Crippen LogP contribution in [0.2, 0.25) is 0 Å². The lowest BCUT2D eigenvalue weighted by molar-refractivity contribution is -0.0516. The van der Waals surface area contributed by atoms with Crippen molar-refractivity contribution in [3.8, 4) is 0 Å². The molecule has 19 heavy (non-hydrogen) atoms. The van der Waals surface area contributed by atoms with Crippen LogP contribution in [0.25, 0.3) is 5.70 Å². The van der Waals surface area contributed by atoms with Gasteiger partial charge in [-0.2, -0.15) is 0 Å². The molecule has 3 rings (SSSR count). The standard InChI is InChI=1S/C13H15N3O3/c17-12(18)9-1-2-10(15-8-9)11-7-13(19-16-11)3-5-14-6-4-13/h1-2,7-8,14,16H,3-6H2,(H,17,18). The Labute approximate surface area is 110 Å². The number of rotatable bonds is 2. The van der Waals surface area contributed by atoms with E-state index in [4.69, 9.17) is 9.94 Å². The number of piperidine rings is 1. The Bertz CT molecular complexity index is 518. The molecule has 100 valence electrons. The van der Waals surface area contributed by atoms with Gasteiger partial charge in [0.25, 0.3) is 0 Å². The van der Waals surface area contributed by atoms with Gasteiger partial charge in [-0.25, -0.2) is 4.79 Å². The third kappa shape index (κ3) is 2.32. The van der Waals surface area contributed by atoms with E-state index in [0.717, 1.165) is 31.6 Å². The maximum atomic E-state index is 10.8. The number of hydroxylamine groups is 1. The summed E-state index contributed by atoms with van der Waals surface area (Å²) in [6.07, 6.45) is 5.23. The summed E-state index contributed by atoms with van der Waals surface area (Å²) in [5.41, 5.74) is 4.33. The molecule has 0 aromatic carbocycles. The average molecular weight is 261 g/mol. The maximum absolute atomic E-state index is 10.8. The average Bonchev–Trinajstić information content (AvgIpc) is 2.83. The number of nitrogens with one attached hydrogen (secondary N) is 2. The molecule has 0 bridgehead atoms. The van der Waals surface area contributed by atoms with Gasteiger partial charge in [-0.3, -0.25) is 15.3 Å². The first-order chi connectivity index (χ1) is 9.19. The zero-order chi connectivity index (χ0) is 13.3. The van der Waals surface area contributed by atoms with Crippen LogP contribution in [0.3, 0.4) is 0 Å². The van der Waals surface area contributed by atoms with E-state index in [9.17, 15) is 4.79 Å². The van der Waals surface area contributed by atoms with Crippen LogP contribution in [0.5, 0.6) is 0 Å². The van der Waals surface area contributed by atoms with Gasteiger partial charge in [0.05, 0.1) is 17.0 Å². The molecule has 0 saturated carbocycles. The number of pyridine rings is 1. The number of carbonyl (C=O) groups is 1. The summed E-state index contributed by atoms with van der Waals surface area (Å²) in [6, 6.07) is 3.23. The van der Waals surface area contributed by atoms with Crippen molar-refractivity contribution in [2.75, 3.05) is 13.1 Å². The van der Waals surface area contributed by atoms with Crippen molar-refractivity contribution in [2.45, 2.75) is 18.4 Å². The summed E-state index contributed by atoms with van der Waals surface area (Å²) >= 11 is 0. The fraction of sp³-hybridized carbons (Fsp3) is 0.385. The van der Waals surface area contributed by atoms with Crippen LogP contribution in [0, 0.1) is 0 Å². The Kier molecular flexibility index (Phi) is 2.96. The molecule has 3 N–H and O–H groups in total. The Morgan fingerprint density at radius 3 is 2.79 bits per heavy atom. The summed E-state index contributed by atoms with van der Waals surface area (Å²) < 4.78 is 0. The van der Waals surface area contributed by atoms with E-state index in [1.807, 2.05) is 0 Å². The number of aromatic carboxylic acids is 1. The number of aromatic nitrogens is 1. The highest BCUT2D eigenvalue weighted by Crippen LogP contribution is 2.32. The van der Waals surface area contributed by atoms with Crippen LogP contribution in [0.15, 0.2) is 24.4 Å².